The van der Waals surface area contributed by atoms with E-state index in [9.17, 15) is 4.79 Å². The number of hydrogen-bond acceptors (Lipinski definition) is 5. The first-order chi connectivity index (χ1) is 15.1. The fourth-order valence-corrected chi connectivity index (χ4v) is 3.64. The minimum Gasteiger partial charge on any atom is -0.490 e. The van der Waals surface area contributed by atoms with Crippen LogP contribution in [-0.4, -0.2) is 62.1 Å². The molecular weight excluding hydrogens is 390 g/mol. The lowest BCUT2D eigenvalue weighted by molar-refractivity contribution is 0.0950. The van der Waals surface area contributed by atoms with Crippen LogP contribution < -0.4 is 14.8 Å². The average molecular weight is 426 g/mol. The Kier molecular flexibility index (Phi) is 8.74. The Morgan fingerprint density at radius 2 is 1.74 bits per heavy atom. The molecule has 6 heteroatoms. The van der Waals surface area contributed by atoms with Crippen LogP contribution >= 0.6 is 0 Å². The summed E-state index contributed by atoms with van der Waals surface area (Å²) >= 11 is 0. The van der Waals surface area contributed by atoms with Gasteiger partial charge in [0.25, 0.3) is 5.91 Å². The van der Waals surface area contributed by atoms with Crippen molar-refractivity contribution in [2.45, 2.75) is 33.4 Å². The average Bonchev–Trinajstić information content (AvgIpc) is 2.78. The molecule has 1 amide bonds. The number of rotatable bonds is 10. The molecule has 168 valence electrons. The lowest BCUT2D eigenvalue weighted by Crippen LogP contribution is -2.43. The van der Waals surface area contributed by atoms with Gasteiger partial charge in [0, 0.05) is 44.8 Å². The number of nitrogens with one attached hydrogen (secondary N) is 1. The number of amides is 1. The number of nitrogens with zero attached hydrogens (tertiary/aromatic N) is 2. The van der Waals surface area contributed by atoms with Gasteiger partial charge in [0.2, 0.25) is 0 Å². The van der Waals surface area contributed by atoms with Crippen LogP contribution in [0.2, 0.25) is 0 Å². The number of benzene rings is 2. The van der Waals surface area contributed by atoms with E-state index >= 15 is 0 Å². The molecule has 0 aromatic heterocycles. The zero-order chi connectivity index (χ0) is 22.1. The Balaban J connectivity index is 1.58. The monoisotopic (exact) mass is 425 g/mol. The predicted octanol–water partition coefficient (Wildman–Crippen LogP) is 3.55. The molecule has 0 aliphatic carbocycles. The van der Waals surface area contributed by atoms with Gasteiger partial charge in [0.15, 0.2) is 11.5 Å². The van der Waals surface area contributed by atoms with E-state index in [0.29, 0.717) is 36.8 Å². The van der Waals surface area contributed by atoms with Crippen molar-refractivity contribution in [1.82, 2.24) is 15.1 Å². The van der Waals surface area contributed by atoms with Gasteiger partial charge in [-0.25, -0.2) is 0 Å². The number of carbonyl (C=O) groups excluding carboxylic acids is 1. The molecule has 1 aliphatic heterocycles. The molecule has 1 heterocycles. The van der Waals surface area contributed by atoms with Crippen molar-refractivity contribution < 1.29 is 14.3 Å². The zero-order valence-corrected chi connectivity index (χ0v) is 19.0. The third-order valence-electron chi connectivity index (χ3n) is 5.41. The molecule has 2 aromatic rings. The van der Waals surface area contributed by atoms with Crippen LogP contribution in [0.3, 0.4) is 0 Å². The molecule has 0 atom stereocenters. The maximum absolute atomic E-state index is 12.7. The van der Waals surface area contributed by atoms with Crippen LogP contribution in [-0.2, 0) is 13.1 Å². The lowest BCUT2D eigenvalue weighted by Gasteiger charge is -2.32. The maximum Gasteiger partial charge on any atom is 0.251 e. The first-order valence-corrected chi connectivity index (χ1v) is 11.3. The van der Waals surface area contributed by atoms with Gasteiger partial charge in [-0.1, -0.05) is 31.2 Å². The van der Waals surface area contributed by atoms with Gasteiger partial charge in [-0.15, -0.1) is 0 Å². The highest BCUT2D eigenvalue weighted by molar-refractivity contribution is 5.94. The standard InChI is InChI=1S/C25H35N3O3/c1-4-15-31-23-10-9-22(17-24(23)30-5-2)25(29)26-18-20-7-6-8-21(16-20)19-28-13-11-27(3)12-14-28/h6-10,16-17H,4-5,11-15,18-19H2,1-3H3,(H,26,29). The van der Waals surface area contributed by atoms with E-state index in [4.69, 9.17) is 9.47 Å². The molecule has 1 aliphatic rings. The minimum absolute atomic E-state index is 0.118. The van der Waals surface area contributed by atoms with Gasteiger partial charge in [-0.3, -0.25) is 9.69 Å². The summed E-state index contributed by atoms with van der Waals surface area (Å²) in [5.74, 6) is 1.17. The van der Waals surface area contributed by atoms with E-state index in [-0.39, 0.29) is 5.91 Å². The van der Waals surface area contributed by atoms with Gasteiger partial charge in [0.1, 0.15) is 0 Å². The van der Waals surface area contributed by atoms with Gasteiger partial charge in [-0.2, -0.15) is 0 Å². The summed E-state index contributed by atoms with van der Waals surface area (Å²) in [7, 11) is 2.17. The Morgan fingerprint density at radius 1 is 0.968 bits per heavy atom. The summed E-state index contributed by atoms with van der Waals surface area (Å²) in [6.07, 6.45) is 0.918. The predicted molar refractivity (Wildman–Crippen MR) is 124 cm³/mol. The Hall–Kier alpha value is -2.57. The smallest absolute Gasteiger partial charge is 0.251 e. The summed E-state index contributed by atoms with van der Waals surface area (Å²) in [6.45, 7) is 11.0. The topological polar surface area (TPSA) is 54.0 Å². The first kappa shape index (κ1) is 23.1. The molecule has 2 aromatic carbocycles. The number of carbonyl (C=O) groups is 1. The molecule has 31 heavy (non-hydrogen) atoms. The van der Waals surface area contributed by atoms with Crippen molar-refractivity contribution in [2.24, 2.45) is 0 Å². The maximum atomic E-state index is 12.7. The third kappa shape index (κ3) is 6.97. The molecule has 1 fully saturated rings. The van der Waals surface area contributed by atoms with Crippen LogP contribution in [0, 0.1) is 0 Å². The molecule has 1 saturated heterocycles. The van der Waals surface area contributed by atoms with Gasteiger partial charge in [0.05, 0.1) is 13.2 Å². The normalized spacial score (nSPS) is 14.9. The van der Waals surface area contributed by atoms with Crippen molar-refractivity contribution >= 4 is 5.91 Å². The summed E-state index contributed by atoms with van der Waals surface area (Å²) in [6, 6.07) is 13.8. The molecule has 6 nitrogen and oxygen atoms in total. The minimum atomic E-state index is -0.118. The highest BCUT2D eigenvalue weighted by atomic mass is 16.5. The van der Waals surface area contributed by atoms with Crippen molar-refractivity contribution in [1.29, 1.82) is 0 Å². The summed E-state index contributed by atoms with van der Waals surface area (Å²) in [5.41, 5.74) is 2.96. The summed E-state index contributed by atoms with van der Waals surface area (Å²) < 4.78 is 11.4. The fraction of sp³-hybridized carbons (Fsp3) is 0.480. The van der Waals surface area contributed by atoms with Gasteiger partial charge < -0.3 is 19.7 Å². The van der Waals surface area contributed by atoms with E-state index in [2.05, 4.69) is 53.4 Å². The van der Waals surface area contributed by atoms with Crippen LogP contribution in [0.25, 0.3) is 0 Å². The first-order valence-electron chi connectivity index (χ1n) is 11.3. The Morgan fingerprint density at radius 3 is 2.48 bits per heavy atom. The van der Waals surface area contributed by atoms with E-state index < -0.39 is 0 Å². The van der Waals surface area contributed by atoms with E-state index in [1.54, 1.807) is 12.1 Å². The lowest BCUT2D eigenvalue weighted by atomic mass is 10.1. The highest BCUT2D eigenvalue weighted by Gasteiger charge is 2.14. The van der Waals surface area contributed by atoms with Crippen LogP contribution in [0.15, 0.2) is 42.5 Å². The molecule has 0 unspecified atom stereocenters. The Bertz CT molecular complexity index is 848. The largest absolute Gasteiger partial charge is 0.490 e. The van der Waals surface area contributed by atoms with Gasteiger partial charge in [-0.05, 0) is 49.7 Å². The van der Waals surface area contributed by atoms with E-state index in [1.807, 2.05) is 13.0 Å². The summed E-state index contributed by atoms with van der Waals surface area (Å²) in [5, 5.41) is 3.03. The van der Waals surface area contributed by atoms with Crippen molar-refractivity contribution in [3.63, 3.8) is 0 Å². The SMILES string of the molecule is CCCOc1ccc(C(=O)NCc2cccc(CN3CCN(C)CC3)c2)cc1OCC. The molecule has 0 saturated carbocycles. The van der Waals surface area contributed by atoms with E-state index in [1.165, 1.54) is 5.56 Å². The molecule has 3 rings (SSSR count). The highest BCUT2D eigenvalue weighted by Crippen LogP contribution is 2.28. The van der Waals surface area contributed by atoms with Crippen molar-refractivity contribution in [3.05, 3.63) is 59.2 Å². The third-order valence-corrected chi connectivity index (χ3v) is 5.41. The summed E-state index contributed by atoms with van der Waals surface area (Å²) in [4.78, 5) is 17.6. The zero-order valence-electron chi connectivity index (χ0n) is 19.0. The molecule has 1 N–H and O–H groups in total. The molecule has 0 bridgehead atoms. The van der Waals surface area contributed by atoms with Crippen LogP contribution in [0.5, 0.6) is 11.5 Å². The number of ether oxygens (including phenoxy) is 2. The van der Waals surface area contributed by atoms with E-state index in [0.717, 1.165) is 44.7 Å². The fourth-order valence-electron chi connectivity index (χ4n) is 3.64. The second-order valence-electron chi connectivity index (χ2n) is 8.03. The second kappa shape index (κ2) is 11.7. The number of piperazine rings is 1. The Labute approximate surface area is 186 Å². The second-order valence-corrected chi connectivity index (χ2v) is 8.03. The molecule has 0 spiro atoms. The quantitative estimate of drug-likeness (QED) is 0.631. The van der Waals surface area contributed by atoms with Gasteiger partial charge >= 0.3 is 0 Å². The molecule has 0 radical (unpaired) electrons. The van der Waals surface area contributed by atoms with Crippen molar-refractivity contribution in [2.75, 3.05) is 46.4 Å². The van der Waals surface area contributed by atoms with Crippen LogP contribution in [0.1, 0.15) is 41.8 Å². The van der Waals surface area contributed by atoms with Crippen LogP contribution in [0.4, 0.5) is 0 Å². The van der Waals surface area contributed by atoms with Crippen molar-refractivity contribution in [3.8, 4) is 11.5 Å². The number of hydrogen-bond donors (Lipinski definition) is 1. The molecular formula is C25H35N3O3. The number of likely N-dealkylation sites (N-methyl/N-ethyl adjacent to an activating group) is 1.